The number of nitro groups is 1. The summed E-state index contributed by atoms with van der Waals surface area (Å²) in [5.41, 5.74) is 14.9. The first kappa shape index (κ1) is 18.3. The molecule has 0 aliphatic heterocycles. The van der Waals surface area contributed by atoms with Crippen molar-refractivity contribution in [3.05, 3.63) is 39.9 Å². The van der Waals surface area contributed by atoms with Crippen LogP contribution in [0.15, 0.2) is 29.3 Å². The Kier molecular flexibility index (Phi) is 8.32. The van der Waals surface area contributed by atoms with Crippen molar-refractivity contribution in [1.29, 1.82) is 0 Å². The molecule has 6 N–H and O–H groups in total. The van der Waals surface area contributed by atoms with Crippen molar-refractivity contribution in [1.82, 2.24) is 5.43 Å². The monoisotopic (exact) mass is 368 g/mol. The summed E-state index contributed by atoms with van der Waals surface area (Å²) in [6.45, 7) is 1.81. The molecule has 0 spiro atoms. The number of nitrogens with zero attached hydrogens (tertiary/aromatic N) is 2. The minimum atomic E-state index is -0.724. The average Bonchev–Trinajstić information content (AvgIpc) is 2.49. The Hall–Kier alpha value is -1.79. The van der Waals surface area contributed by atoms with E-state index in [1.165, 1.54) is 0 Å². The van der Waals surface area contributed by atoms with E-state index in [1.807, 2.05) is 29.7 Å². The van der Waals surface area contributed by atoms with Gasteiger partial charge in [-0.05, 0) is 0 Å². The molecule has 22 heavy (non-hydrogen) atoms. The van der Waals surface area contributed by atoms with E-state index in [9.17, 15) is 10.1 Å². The van der Waals surface area contributed by atoms with Crippen LogP contribution < -0.4 is 22.2 Å². The zero-order valence-electron chi connectivity index (χ0n) is 12.2. The second-order valence-corrected chi connectivity index (χ2v) is 6.25. The van der Waals surface area contributed by atoms with Crippen molar-refractivity contribution in [2.45, 2.75) is 24.1 Å². The number of hydrazine groups is 1. The zero-order valence-corrected chi connectivity index (χ0v) is 14.1. The van der Waals surface area contributed by atoms with Crippen molar-refractivity contribution >= 4 is 28.5 Å². The molecule has 0 unspecified atom stereocenters. The summed E-state index contributed by atoms with van der Waals surface area (Å²) in [5.74, 6) is -0.163. The number of hydrogen-bond acceptors (Lipinski definition) is 5. The van der Waals surface area contributed by atoms with Crippen LogP contribution in [0.3, 0.4) is 0 Å². The molecule has 1 aromatic rings. The van der Waals surface area contributed by atoms with Crippen LogP contribution in [-0.2, 0) is 6.54 Å². The maximum absolute atomic E-state index is 10.1. The molecular weight excluding hydrogens is 347 g/mol. The van der Waals surface area contributed by atoms with E-state index >= 15 is 0 Å². The van der Waals surface area contributed by atoms with E-state index in [1.54, 1.807) is 0 Å². The molecule has 1 rings (SSSR count). The molecule has 0 amide bonds. The Balaban J connectivity index is 2.23. The number of nitrogens with one attached hydrogen (secondary N) is 2. The summed E-state index contributed by atoms with van der Waals surface area (Å²) in [4.78, 5) is 14.0. The first-order valence-corrected chi connectivity index (χ1v) is 8.01. The van der Waals surface area contributed by atoms with E-state index in [2.05, 4.69) is 27.2 Å². The summed E-state index contributed by atoms with van der Waals surface area (Å²) in [6, 6.07) is 8.01. The van der Waals surface area contributed by atoms with Crippen LogP contribution in [0.1, 0.15) is 18.4 Å². The predicted octanol–water partition coefficient (Wildman–Crippen LogP) is 0.390. The van der Waals surface area contributed by atoms with E-state index in [0.717, 1.165) is 30.6 Å². The molecule has 0 aromatic heterocycles. The molecule has 0 bridgehead atoms. The standard InChI is InChI=1S/C13H21AsN6O2/c14-11(4-2-6-17-13(16)19-20(21)22)9-18-12-5-1-3-10(7-12)8-15/h1,3,5,7,11,18H,2,4,6,8-9,15H2,(H3,16,17,19)/t11-/m0/s1. The van der Waals surface area contributed by atoms with Crippen molar-refractivity contribution in [2.24, 2.45) is 16.5 Å². The van der Waals surface area contributed by atoms with Gasteiger partial charge in [0.25, 0.3) is 0 Å². The Labute approximate surface area is 138 Å². The van der Waals surface area contributed by atoms with E-state index in [-0.39, 0.29) is 5.96 Å². The van der Waals surface area contributed by atoms with Crippen LogP contribution in [0, 0.1) is 10.1 Å². The van der Waals surface area contributed by atoms with Gasteiger partial charge in [-0.1, -0.05) is 0 Å². The summed E-state index contributed by atoms with van der Waals surface area (Å²) in [7, 11) is 0. The normalized spacial score (nSPS) is 12.7. The number of hydrogen-bond donors (Lipinski definition) is 4. The van der Waals surface area contributed by atoms with Gasteiger partial charge in [0.1, 0.15) is 0 Å². The van der Waals surface area contributed by atoms with Crippen LogP contribution in [0.5, 0.6) is 0 Å². The van der Waals surface area contributed by atoms with Gasteiger partial charge in [-0.3, -0.25) is 0 Å². The molecule has 120 valence electrons. The number of rotatable bonds is 9. The molecule has 0 heterocycles. The molecule has 9 heteroatoms. The molecule has 8 nitrogen and oxygen atoms in total. The van der Waals surface area contributed by atoms with Gasteiger partial charge in [-0.25, -0.2) is 0 Å². The molecular formula is C13H21AsN6O2. The Morgan fingerprint density at radius 1 is 1.50 bits per heavy atom. The van der Waals surface area contributed by atoms with E-state index in [4.69, 9.17) is 11.5 Å². The molecule has 0 saturated carbocycles. The molecule has 0 aliphatic rings. The third kappa shape index (κ3) is 7.85. The predicted molar refractivity (Wildman–Crippen MR) is 88.2 cm³/mol. The summed E-state index contributed by atoms with van der Waals surface area (Å²) < 4.78 is 0.397. The second kappa shape index (κ2) is 10.0. The fraction of sp³-hybridized carbons (Fsp3) is 0.462. The average molecular weight is 368 g/mol. The molecule has 0 saturated heterocycles. The molecule has 1 atom stereocenters. The van der Waals surface area contributed by atoms with Crippen LogP contribution in [0.25, 0.3) is 0 Å². The number of nitrogens with two attached hydrogens (primary N) is 2. The Morgan fingerprint density at radius 2 is 2.27 bits per heavy atom. The fourth-order valence-corrected chi connectivity index (χ4v) is 2.38. The van der Waals surface area contributed by atoms with Crippen molar-refractivity contribution in [2.75, 3.05) is 18.4 Å². The first-order valence-electron chi connectivity index (χ1n) is 6.93. The third-order valence-corrected chi connectivity index (χ3v) is 3.81. The minimum absolute atomic E-state index is 0.163. The van der Waals surface area contributed by atoms with Crippen molar-refractivity contribution < 1.29 is 5.03 Å². The molecule has 0 fully saturated rings. The zero-order chi connectivity index (χ0) is 16.4. The number of guanidine groups is 1. The SMILES string of the molecule is NCc1cccc(NC[C@@H]([As])CCCN=C(N)N[N+](=O)[O-])c1. The van der Waals surface area contributed by atoms with Crippen LogP contribution in [-0.4, -0.2) is 40.9 Å². The summed E-state index contributed by atoms with van der Waals surface area (Å²) in [5, 5.41) is 12.8. The van der Waals surface area contributed by atoms with Gasteiger partial charge in [0, 0.05) is 0 Å². The number of anilines is 1. The van der Waals surface area contributed by atoms with E-state index < -0.39 is 5.03 Å². The van der Waals surface area contributed by atoms with Gasteiger partial charge in [-0.15, -0.1) is 0 Å². The van der Waals surface area contributed by atoms with Gasteiger partial charge in [0.15, 0.2) is 0 Å². The fourth-order valence-electron chi connectivity index (χ4n) is 1.80. The maximum atomic E-state index is 10.1. The molecule has 1 aromatic carbocycles. The van der Waals surface area contributed by atoms with Gasteiger partial charge < -0.3 is 0 Å². The first-order chi connectivity index (χ1) is 10.5. The topological polar surface area (TPSA) is 132 Å². The van der Waals surface area contributed by atoms with Crippen LogP contribution in [0.4, 0.5) is 5.69 Å². The molecule has 0 aliphatic carbocycles. The van der Waals surface area contributed by atoms with Gasteiger partial charge in [0.2, 0.25) is 0 Å². The van der Waals surface area contributed by atoms with E-state index in [0.29, 0.717) is 17.8 Å². The summed E-state index contributed by atoms with van der Waals surface area (Å²) in [6.07, 6.45) is 1.74. The number of benzene rings is 1. The Morgan fingerprint density at radius 3 is 2.95 bits per heavy atom. The van der Waals surface area contributed by atoms with Crippen LogP contribution >= 0.6 is 0 Å². The Bertz CT molecular complexity index is 511. The third-order valence-electron chi connectivity index (χ3n) is 2.89. The summed E-state index contributed by atoms with van der Waals surface area (Å²) >= 11 is 2.62. The van der Waals surface area contributed by atoms with Gasteiger partial charge >= 0.3 is 138 Å². The second-order valence-electron chi connectivity index (χ2n) is 4.72. The number of aliphatic imine (C=N–C) groups is 1. The van der Waals surface area contributed by atoms with Gasteiger partial charge in [-0.2, -0.15) is 0 Å². The molecule has 2 radical (unpaired) electrons. The van der Waals surface area contributed by atoms with Gasteiger partial charge in [0.05, 0.1) is 0 Å². The van der Waals surface area contributed by atoms with Crippen molar-refractivity contribution in [3.8, 4) is 0 Å². The van der Waals surface area contributed by atoms with Crippen molar-refractivity contribution in [3.63, 3.8) is 0 Å². The quantitative estimate of drug-likeness (QED) is 0.125. The van der Waals surface area contributed by atoms with Crippen LogP contribution in [0.2, 0.25) is 4.71 Å².